The van der Waals surface area contributed by atoms with E-state index in [1.165, 1.54) is 19.3 Å². The summed E-state index contributed by atoms with van der Waals surface area (Å²) in [7, 11) is 0. The van der Waals surface area contributed by atoms with Crippen molar-refractivity contribution in [1.82, 2.24) is 0 Å². The Balaban J connectivity index is -0.000000133. The van der Waals surface area contributed by atoms with Gasteiger partial charge in [0.05, 0.1) is 0 Å². The van der Waals surface area contributed by atoms with Gasteiger partial charge >= 0.3 is 0 Å². The summed E-state index contributed by atoms with van der Waals surface area (Å²) in [6.45, 7) is 10.6. The van der Waals surface area contributed by atoms with Crippen LogP contribution in [-0.4, -0.2) is 50.8 Å². The van der Waals surface area contributed by atoms with Crippen molar-refractivity contribution in [3.63, 3.8) is 0 Å². The average Bonchev–Trinajstić information content (AvgIpc) is 2.69. The Labute approximate surface area is 220 Å². The normalized spacial score (nSPS) is 9.87. The van der Waals surface area contributed by atoms with Gasteiger partial charge in [-0.25, -0.2) is 0 Å². The minimum atomic E-state index is -0.360. The Morgan fingerprint density at radius 1 is 0.700 bits per heavy atom. The van der Waals surface area contributed by atoms with Gasteiger partial charge in [-0.15, -0.1) is 23.2 Å². The van der Waals surface area contributed by atoms with Gasteiger partial charge in [0.25, 0.3) is 0 Å². The monoisotopic (exact) mass is 564 g/mol. The zero-order chi connectivity index (χ0) is 21.3. The molecule has 4 nitrogen and oxygen atoms in total. The largest absolute Gasteiger partial charge is 0.353 e. The predicted octanol–water partition coefficient (Wildman–Crippen LogP) is 6.61. The number of alkyl halides is 2. The van der Waals surface area contributed by atoms with Gasteiger partial charge in [-0.2, -0.15) is 0 Å². The number of unbranched alkanes of at least 4 members (excludes halogenated alkanes) is 5. The van der Waals surface area contributed by atoms with Crippen LogP contribution < -0.4 is 0 Å². The van der Waals surface area contributed by atoms with Crippen LogP contribution in [0.2, 0.25) is 0 Å². The topological polar surface area (TPSA) is 36.9 Å². The first-order valence-corrected chi connectivity index (χ1v) is 11.8. The summed E-state index contributed by atoms with van der Waals surface area (Å²) in [6.07, 6.45) is 8.30. The molecule has 0 bridgehead atoms. The molecule has 0 aromatic heterocycles. The van der Waals surface area contributed by atoms with Crippen molar-refractivity contribution in [2.24, 2.45) is 0 Å². The van der Waals surface area contributed by atoms with Crippen LogP contribution in [0.1, 0.15) is 80.5 Å². The minimum absolute atomic E-state index is 0. The van der Waals surface area contributed by atoms with Crippen molar-refractivity contribution in [2.75, 3.05) is 38.2 Å². The third kappa shape index (κ3) is 31.3. The maximum Gasteiger partial charge on any atom is 0.222 e. The number of hydrogen-bond acceptors (Lipinski definition) is 4. The zero-order valence-electron chi connectivity index (χ0n) is 19.5. The summed E-state index contributed by atoms with van der Waals surface area (Å²) in [4.78, 5) is 0. The fourth-order valence-corrected chi connectivity index (χ4v) is 2.62. The summed E-state index contributed by atoms with van der Waals surface area (Å²) < 4.78 is 21.4. The number of halogens is 2. The van der Waals surface area contributed by atoms with Crippen molar-refractivity contribution in [3.05, 3.63) is 0 Å². The first-order chi connectivity index (χ1) is 13.7. The predicted molar refractivity (Wildman–Crippen MR) is 122 cm³/mol. The van der Waals surface area contributed by atoms with Gasteiger partial charge in [-0.05, 0) is 65.7 Å². The first-order valence-electron chi connectivity index (χ1n) is 10.8. The molecule has 0 rings (SSSR count). The molecule has 0 aliphatic heterocycles. The van der Waals surface area contributed by atoms with Gasteiger partial charge in [0.1, 0.15) is 0 Å². The van der Waals surface area contributed by atoms with Gasteiger partial charge in [0.15, 0.2) is 6.29 Å². The van der Waals surface area contributed by atoms with E-state index in [1.54, 1.807) is 0 Å². The Hall–Kier alpha value is 1.10. The molecule has 0 saturated heterocycles. The van der Waals surface area contributed by atoms with E-state index in [0.717, 1.165) is 51.2 Å². The Bertz CT molecular complexity index is 352. The number of hydrogen-bond donors (Lipinski definition) is 0. The molecule has 0 aromatic rings. The summed E-state index contributed by atoms with van der Waals surface area (Å²) in [5.74, 6) is 7.46. The van der Waals surface area contributed by atoms with E-state index in [4.69, 9.17) is 42.1 Å². The average molecular weight is 568 g/mol. The number of ether oxygens (including phenoxy) is 4. The van der Waals surface area contributed by atoms with Crippen molar-refractivity contribution in [3.8, 4) is 11.8 Å². The van der Waals surface area contributed by atoms with Crippen LogP contribution in [0.3, 0.4) is 0 Å². The van der Waals surface area contributed by atoms with E-state index < -0.39 is 0 Å². The van der Waals surface area contributed by atoms with Crippen LogP contribution in [0.5, 0.6) is 0 Å². The van der Waals surface area contributed by atoms with Gasteiger partial charge in [-0.1, -0.05) is 18.8 Å². The van der Waals surface area contributed by atoms with E-state index >= 15 is 0 Å². The summed E-state index contributed by atoms with van der Waals surface area (Å²) in [5.41, 5.74) is 0. The smallest absolute Gasteiger partial charge is 0.222 e. The van der Waals surface area contributed by atoms with Crippen LogP contribution in [-0.2, 0) is 54.9 Å². The van der Waals surface area contributed by atoms with Crippen LogP contribution in [0, 0.1) is 11.8 Å². The molecule has 30 heavy (non-hydrogen) atoms. The molecular weight excluding hydrogens is 523 g/mol. The molecule has 0 heterocycles. The van der Waals surface area contributed by atoms with Gasteiger partial charge < -0.3 is 18.9 Å². The third-order valence-electron chi connectivity index (χ3n) is 3.57. The fourth-order valence-electron chi connectivity index (χ4n) is 2.24. The Morgan fingerprint density at radius 3 is 1.63 bits per heavy atom. The molecule has 0 saturated carbocycles. The standard InChI is InChI=1S/C11H23ClO2.C11H19ClO2.Ni.Zn.H2/c2*1-3-13-11(14-4-2)9-7-5-6-8-10-12;;;/h11H,3-10H2,1-2H3;11H,3-6,8,10H2,1-2H3;;;1H. The maximum atomic E-state index is 5.59. The molecule has 8 heteroatoms. The molecule has 0 radical (unpaired) electrons. The summed E-state index contributed by atoms with van der Waals surface area (Å²) >= 11 is 11.1. The Morgan fingerprint density at radius 2 is 1.17 bits per heavy atom. The van der Waals surface area contributed by atoms with Gasteiger partial charge in [0.2, 0.25) is 6.29 Å². The van der Waals surface area contributed by atoms with E-state index in [0.29, 0.717) is 19.1 Å². The van der Waals surface area contributed by atoms with Crippen LogP contribution in [0.4, 0.5) is 0 Å². The molecule has 0 aliphatic carbocycles. The molecule has 0 aromatic carbocycles. The SMILES string of the molecule is CCOC(C#CCCCCCl)OCC.CCOC(CCCCCCCl)OCC.[HH].[Ni].[Zn]. The van der Waals surface area contributed by atoms with E-state index in [9.17, 15) is 0 Å². The molecular formula is C22H44Cl2NiO4Zn. The van der Waals surface area contributed by atoms with Crippen molar-refractivity contribution in [2.45, 2.75) is 91.6 Å². The van der Waals surface area contributed by atoms with Gasteiger partial charge in [-0.3, -0.25) is 0 Å². The molecule has 0 atom stereocenters. The first kappa shape index (κ1) is 38.4. The zero-order valence-corrected chi connectivity index (χ0v) is 24.9. The summed E-state index contributed by atoms with van der Waals surface area (Å²) in [6, 6.07) is 0. The quantitative estimate of drug-likeness (QED) is 0.0652. The van der Waals surface area contributed by atoms with Crippen LogP contribution in [0.25, 0.3) is 0 Å². The molecule has 0 N–H and O–H groups in total. The second-order valence-corrected chi connectivity index (χ2v) is 6.70. The van der Waals surface area contributed by atoms with Crippen LogP contribution >= 0.6 is 23.2 Å². The molecule has 182 valence electrons. The molecule has 0 aliphatic rings. The summed E-state index contributed by atoms with van der Waals surface area (Å²) in [5, 5.41) is 0. The minimum Gasteiger partial charge on any atom is -0.353 e. The van der Waals surface area contributed by atoms with E-state index in [2.05, 4.69) is 11.8 Å². The third-order valence-corrected chi connectivity index (χ3v) is 4.10. The fraction of sp³-hybridized carbons (Fsp3) is 0.909. The number of rotatable bonds is 17. The molecule has 0 spiro atoms. The van der Waals surface area contributed by atoms with Crippen molar-refractivity contribution >= 4 is 23.2 Å². The molecule has 0 fully saturated rings. The second kappa shape index (κ2) is 34.7. The van der Waals surface area contributed by atoms with E-state index in [-0.39, 0.29) is 50.0 Å². The maximum absolute atomic E-state index is 5.59. The molecule has 0 amide bonds. The Kier molecular flexibility index (Phi) is 44.4. The van der Waals surface area contributed by atoms with Crippen molar-refractivity contribution < 1.29 is 56.3 Å². The van der Waals surface area contributed by atoms with Crippen LogP contribution in [0.15, 0.2) is 0 Å². The van der Waals surface area contributed by atoms with E-state index in [1.807, 2.05) is 27.7 Å². The van der Waals surface area contributed by atoms with Crippen molar-refractivity contribution in [1.29, 1.82) is 0 Å². The van der Waals surface area contributed by atoms with Gasteiger partial charge in [0, 0.05) is 82.0 Å². The molecule has 0 unspecified atom stereocenters. The second-order valence-electron chi connectivity index (χ2n) is 5.94.